The molecule has 0 aliphatic rings. The molecule has 0 aliphatic heterocycles. The number of hydrogen-bond donors (Lipinski definition) is 1. The number of nitrogens with one attached hydrogen (secondary N) is 1. The number of rotatable bonds is 9. The van der Waals surface area contributed by atoms with Crippen LogP contribution < -0.4 is 19.1 Å². The van der Waals surface area contributed by atoms with Gasteiger partial charge in [0, 0.05) is 0 Å². The van der Waals surface area contributed by atoms with E-state index in [0.29, 0.717) is 12.2 Å². The summed E-state index contributed by atoms with van der Waals surface area (Å²) in [4.78, 5) is 13.1. The third-order valence-electron chi connectivity index (χ3n) is 5.02. The Kier molecular flexibility index (Phi) is 8.20. The highest BCUT2D eigenvalue weighted by atomic mass is 35.5. The van der Waals surface area contributed by atoms with E-state index in [2.05, 4.69) is 5.32 Å². The zero-order chi connectivity index (χ0) is 23.3. The average molecular weight is 469 g/mol. The van der Waals surface area contributed by atoms with Crippen LogP contribution >= 0.6 is 11.6 Å². The first-order valence-corrected chi connectivity index (χ1v) is 12.0. The van der Waals surface area contributed by atoms with Crippen molar-refractivity contribution < 1.29 is 22.7 Å². The van der Waals surface area contributed by atoms with Gasteiger partial charge in [0.1, 0.15) is 17.5 Å². The summed E-state index contributed by atoms with van der Waals surface area (Å²) >= 11 is 6.18. The van der Waals surface area contributed by atoms with Gasteiger partial charge in [0.2, 0.25) is 15.9 Å². The number of aryl methyl sites for hydroxylation is 1. The second-order valence-corrected chi connectivity index (χ2v) is 9.52. The van der Waals surface area contributed by atoms with Crippen molar-refractivity contribution in [2.45, 2.75) is 39.3 Å². The summed E-state index contributed by atoms with van der Waals surface area (Å²) in [7, 11) is -0.690. The van der Waals surface area contributed by atoms with Gasteiger partial charge >= 0.3 is 0 Å². The Balaban J connectivity index is 2.32. The lowest BCUT2D eigenvalue weighted by Crippen LogP contribution is -2.48. The summed E-state index contributed by atoms with van der Waals surface area (Å²) in [6, 6.07) is 9.02. The standard InChI is InChI=1S/C22H29ClN2O5S/c1-7-19(16-8-10-20(29-4)14(2)12-16)24-22(26)15(3)25(31(6,27)28)17-9-11-21(30-5)18(23)13-17/h8-13,15,19H,7H2,1-6H3,(H,24,26). The number of ether oxygens (including phenoxy) is 2. The van der Waals surface area contributed by atoms with Crippen LogP contribution in [0.4, 0.5) is 5.69 Å². The number of sulfonamides is 1. The molecule has 0 heterocycles. The molecule has 7 nitrogen and oxygen atoms in total. The van der Waals surface area contributed by atoms with Crippen molar-refractivity contribution >= 4 is 33.2 Å². The Morgan fingerprint density at radius 1 is 1.13 bits per heavy atom. The third-order valence-corrected chi connectivity index (χ3v) is 6.56. The molecule has 170 valence electrons. The van der Waals surface area contributed by atoms with Crippen LogP contribution in [0.25, 0.3) is 0 Å². The quantitative estimate of drug-likeness (QED) is 0.599. The molecule has 0 fully saturated rings. The van der Waals surface area contributed by atoms with Crippen molar-refractivity contribution in [1.29, 1.82) is 0 Å². The smallest absolute Gasteiger partial charge is 0.244 e. The lowest BCUT2D eigenvalue weighted by atomic mass is 10.0. The van der Waals surface area contributed by atoms with Crippen molar-refractivity contribution in [3.63, 3.8) is 0 Å². The van der Waals surface area contributed by atoms with Gasteiger partial charge in [-0.25, -0.2) is 8.42 Å². The van der Waals surface area contributed by atoms with E-state index in [1.807, 2.05) is 32.0 Å². The molecular formula is C22H29ClN2O5S. The lowest BCUT2D eigenvalue weighted by molar-refractivity contribution is -0.122. The Labute approximate surface area is 189 Å². The van der Waals surface area contributed by atoms with E-state index >= 15 is 0 Å². The maximum atomic E-state index is 13.1. The number of methoxy groups -OCH3 is 2. The Morgan fingerprint density at radius 3 is 2.23 bits per heavy atom. The zero-order valence-electron chi connectivity index (χ0n) is 18.6. The van der Waals surface area contributed by atoms with Gasteiger partial charge in [0.25, 0.3) is 0 Å². The molecule has 0 radical (unpaired) electrons. The Hall–Kier alpha value is -2.45. The highest BCUT2D eigenvalue weighted by molar-refractivity contribution is 7.92. The fraction of sp³-hybridized carbons (Fsp3) is 0.409. The monoisotopic (exact) mass is 468 g/mol. The molecule has 2 aromatic rings. The summed E-state index contributed by atoms with van der Waals surface area (Å²) in [6.45, 7) is 5.42. The molecule has 0 bridgehead atoms. The average Bonchev–Trinajstić information content (AvgIpc) is 2.70. The van der Waals surface area contributed by atoms with Gasteiger partial charge in [-0.15, -0.1) is 0 Å². The molecule has 1 amide bonds. The number of carbonyl (C=O) groups is 1. The van der Waals surface area contributed by atoms with Gasteiger partial charge in [-0.05, 0) is 55.7 Å². The summed E-state index contributed by atoms with van der Waals surface area (Å²) in [5.74, 6) is 0.757. The summed E-state index contributed by atoms with van der Waals surface area (Å²) in [5.41, 5.74) is 2.15. The molecule has 2 atom stereocenters. The summed E-state index contributed by atoms with van der Waals surface area (Å²) in [6.07, 6.45) is 1.69. The molecule has 9 heteroatoms. The first kappa shape index (κ1) is 24.8. The second kappa shape index (κ2) is 10.2. The fourth-order valence-corrected chi connectivity index (χ4v) is 4.85. The minimum Gasteiger partial charge on any atom is -0.496 e. The van der Waals surface area contributed by atoms with E-state index in [1.54, 1.807) is 26.2 Å². The molecule has 2 rings (SSSR count). The van der Waals surface area contributed by atoms with Crippen LogP contribution in [-0.2, 0) is 14.8 Å². The predicted octanol–water partition coefficient (Wildman–Crippen LogP) is 4.09. The van der Waals surface area contributed by atoms with E-state index in [4.69, 9.17) is 21.1 Å². The van der Waals surface area contributed by atoms with Crippen LogP contribution in [0, 0.1) is 6.92 Å². The zero-order valence-corrected chi connectivity index (χ0v) is 20.2. The molecule has 0 spiro atoms. The SMILES string of the molecule is CCC(NC(=O)C(C)N(c1ccc(OC)c(Cl)c1)S(C)(=O)=O)c1ccc(OC)c(C)c1. The summed E-state index contributed by atoms with van der Waals surface area (Å²) < 4.78 is 36.6. The van der Waals surface area contributed by atoms with E-state index in [0.717, 1.165) is 27.4 Å². The van der Waals surface area contributed by atoms with Crippen molar-refractivity contribution in [3.8, 4) is 11.5 Å². The number of carbonyl (C=O) groups excluding carboxylic acids is 1. The fourth-order valence-electron chi connectivity index (χ4n) is 3.43. The Morgan fingerprint density at radius 2 is 1.74 bits per heavy atom. The highest BCUT2D eigenvalue weighted by Crippen LogP contribution is 2.31. The van der Waals surface area contributed by atoms with Gasteiger partial charge in [0.05, 0.1) is 37.2 Å². The first-order chi connectivity index (χ1) is 14.5. The molecule has 1 N–H and O–H groups in total. The number of amides is 1. The number of halogens is 1. The molecular weight excluding hydrogens is 440 g/mol. The predicted molar refractivity (Wildman–Crippen MR) is 124 cm³/mol. The van der Waals surface area contributed by atoms with Gasteiger partial charge in [-0.2, -0.15) is 0 Å². The molecule has 0 saturated carbocycles. The van der Waals surface area contributed by atoms with Crippen molar-refractivity contribution in [2.75, 3.05) is 24.8 Å². The number of nitrogens with zero attached hydrogens (tertiary/aromatic N) is 1. The topological polar surface area (TPSA) is 84.9 Å². The highest BCUT2D eigenvalue weighted by Gasteiger charge is 2.30. The van der Waals surface area contributed by atoms with Crippen LogP contribution in [0.1, 0.15) is 37.4 Å². The van der Waals surface area contributed by atoms with Gasteiger partial charge in [-0.1, -0.05) is 30.7 Å². The van der Waals surface area contributed by atoms with Crippen LogP contribution in [0.5, 0.6) is 11.5 Å². The van der Waals surface area contributed by atoms with Gasteiger partial charge in [-0.3, -0.25) is 9.10 Å². The van der Waals surface area contributed by atoms with E-state index in [-0.39, 0.29) is 16.8 Å². The van der Waals surface area contributed by atoms with Crippen LogP contribution in [0.3, 0.4) is 0 Å². The van der Waals surface area contributed by atoms with Crippen LogP contribution in [0.15, 0.2) is 36.4 Å². The molecule has 2 unspecified atom stereocenters. The Bertz CT molecular complexity index is 1040. The van der Waals surface area contributed by atoms with E-state index in [1.165, 1.54) is 13.2 Å². The number of anilines is 1. The number of hydrogen-bond acceptors (Lipinski definition) is 5. The second-order valence-electron chi connectivity index (χ2n) is 7.25. The first-order valence-electron chi connectivity index (χ1n) is 9.81. The normalized spacial score (nSPS) is 13.3. The van der Waals surface area contributed by atoms with Crippen LogP contribution in [-0.4, -0.2) is 40.8 Å². The summed E-state index contributed by atoms with van der Waals surface area (Å²) in [5, 5.41) is 3.21. The van der Waals surface area contributed by atoms with Crippen molar-refractivity contribution in [2.24, 2.45) is 0 Å². The minimum atomic E-state index is -3.76. The minimum absolute atomic E-state index is 0.251. The lowest BCUT2D eigenvalue weighted by Gasteiger charge is -2.30. The van der Waals surface area contributed by atoms with E-state index < -0.39 is 22.0 Å². The van der Waals surface area contributed by atoms with Crippen LogP contribution in [0.2, 0.25) is 5.02 Å². The van der Waals surface area contributed by atoms with Gasteiger partial charge in [0.15, 0.2) is 0 Å². The molecule has 0 aliphatic carbocycles. The van der Waals surface area contributed by atoms with Crippen molar-refractivity contribution in [3.05, 3.63) is 52.5 Å². The van der Waals surface area contributed by atoms with Gasteiger partial charge < -0.3 is 14.8 Å². The molecule has 0 aromatic heterocycles. The number of benzene rings is 2. The van der Waals surface area contributed by atoms with E-state index in [9.17, 15) is 13.2 Å². The largest absolute Gasteiger partial charge is 0.496 e. The maximum Gasteiger partial charge on any atom is 0.244 e. The van der Waals surface area contributed by atoms with Crippen molar-refractivity contribution in [1.82, 2.24) is 5.32 Å². The maximum absolute atomic E-state index is 13.1. The molecule has 31 heavy (non-hydrogen) atoms. The molecule has 2 aromatic carbocycles. The molecule has 0 saturated heterocycles. The third kappa shape index (κ3) is 5.83.